The molecule has 2 aromatic heterocycles. The third-order valence-corrected chi connectivity index (χ3v) is 4.94. The number of nitrogens with one attached hydrogen (secondary N) is 1. The van der Waals surface area contributed by atoms with Crippen molar-refractivity contribution in [1.82, 2.24) is 15.0 Å². The maximum atomic E-state index is 5.94. The van der Waals surface area contributed by atoms with Crippen LogP contribution < -0.4 is 5.32 Å². The zero-order valence-corrected chi connectivity index (χ0v) is 14.6. The molecule has 0 saturated heterocycles. The van der Waals surface area contributed by atoms with Crippen LogP contribution in [0.4, 0.5) is 11.6 Å². The van der Waals surface area contributed by atoms with E-state index in [1.165, 1.54) is 0 Å². The fourth-order valence-corrected chi connectivity index (χ4v) is 3.40. The normalized spacial score (nSPS) is 10.6. The third-order valence-electron chi connectivity index (χ3n) is 3.59. The van der Waals surface area contributed by atoms with Crippen LogP contribution in [-0.4, -0.2) is 15.0 Å². The maximum Gasteiger partial charge on any atom is 0.227 e. The minimum atomic E-state index is 0.582. The first-order valence-corrected chi connectivity index (χ1v) is 8.84. The predicted octanol–water partition coefficient (Wildman–Crippen LogP) is 5.66. The summed E-state index contributed by atoms with van der Waals surface area (Å²) in [5, 5.41) is 4.88. The lowest BCUT2D eigenvalue weighted by Gasteiger charge is -2.04. The van der Waals surface area contributed by atoms with E-state index in [1.54, 1.807) is 29.8 Å². The summed E-state index contributed by atoms with van der Waals surface area (Å²) in [5.41, 5.74) is 3.13. The van der Waals surface area contributed by atoms with E-state index in [0.717, 1.165) is 31.7 Å². The lowest BCUT2D eigenvalue weighted by molar-refractivity contribution is 1.17. The summed E-state index contributed by atoms with van der Waals surface area (Å²) in [7, 11) is 0. The van der Waals surface area contributed by atoms with Crippen molar-refractivity contribution in [1.29, 1.82) is 0 Å². The van der Waals surface area contributed by atoms with E-state index >= 15 is 0 Å². The van der Waals surface area contributed by atoms with E-state index in [2.05, 4.69) is 32.4 Å². The largest absolute Gasteiger partial charge is 0.324 e. The van der Waals surface area contributed by atoms with Crippen molar-refractivity contribution in [3.8, 4) is 21.0 Å². The van der Waals surface area contributed by atoms with Crippen LogP contribution >= 0.6 is 22.9 Å². The number of anilines is 2. The molecule has 0 bridgehead atoms. The van der Waals surface area contributed by atoms with Crippen molar-refractivity contribution < 1.29 is 0 Å². The molecule has 1 N–H and O–H groups in total. The SMILES string of the molecule is Clc1ccc(-c2ncc(-c3ccc(Nc4ncccn4)cc3)s2)cc1. The van der Waals surface area contributed by atoms with E-state index in [0.29, 0.717) is 5.95 Å². The summed E-state index contributed by atoms with van der Waals surface area (Å²) in [6, 6.07) is 17.6. The molecule has 4 rings (SSSR count). The van der Waals surface area contributed by atoms with Crippen LogP contribution in [0.3, 0.4) is 0 Å². The molecule has 0 aliphatic carbocycles. The molecule has 6 heteroatoms. The van der Waals surface area contributed by atoms with Gasteiger partial charge in [-0.1, -0.05) is 35.9 Å². The number of nitrogens with zero attached hydrogens (tertiary/aromatic N) is 3. The van der Waals surface area contributed by atoms with Crippen LogP contribution in [0.25, 0.3) is 21.0 Å². The molecule has 122 valence electrons. The summed E-state index contributed by atoms with van der Waals surface area (Å²) >= 11 is 7.60. The molecule has 0 fully saturated rings. The lowest BCUT2D eigenvalue weighted by atomic mass is 10.2. The smallest absolute Gasteiger partial charge is 0.227 e. The van der Waals surface area contributed by atoms with Gasteiger partial charge in [0.1, 0.15) is 5.01 Å². The second kappa shape index (κ2) is 7.01. The van der Waals surface area contributed by atoms with E-state index in [-0.39, 0.29) is 0 Å². The highest BCUT2D eigenvalue weighted by Gasteiger charge is 2.07. The Hall–Kier alpha value is -2.76. The van der Waals surface area contributed by atoms with Gasteiger partial charge in [-0.05, 0) is 35.9 Å². The van der Waals surface area contributed by atoms with E-state index < -0.39 is 0 Å². The van der Waals surface area contributed by atoms with Crippen molar-refractivity contribution in [3.05, 3.63) is 78.2 Å². The summed E-state index contributed by atoms with van der Waals surface area (Å²) in [6.45, 7) is 0. The summed E-state index contributed by atoms with van der Waals surface area (Å²) in [4.78, 5) is 14.0. The van der Waals surface area contributed by atoms with Crippen molar-refractivity contribution in [2.75, 3.05) is 5.32 Å². The molecule has 0 radical (unpaired) electrons. The van der Waals surface area contributed by atoms with Gasteiger partial charge in [0.2, 0.25) is 5.95 Å². The molecule has 0 saturated carbocycles. The van der Waals surface area contributed by atoms with E-state index in [4.69, 9.17) is 11.6 Å². The van der Waals surface area contributed by atoms with Crippen LogP contribution in [0.15, 0.2) is 73.2 Å². The summed E-state index contributed by atoms with van der Waals surface area (Å²) in [6.07, 6.45) is 5.32. The number of halogens is 1. The van der Waals surface area contributed by atoms with Gasteiger partial charge in [0.05, 0.1) is 4.88 Å². The fourth-order valence-electron chi connectivity index (χ4n) is 2.34. The van der Waals surface area contributed by atoms with Crippen LogP contribution in [0, 0.1) is 0 Å². The first kappa shape index (κ1) is 15.7. The molecule has 0 amide bonds. The molecular formula is C19H13ClN4S. The average molecular weight is 365 g/mol. The van der Waals surface area contributed by atoms with Crippen LogP contribution in [0.5, 0.6) is 0 Å². The zero-order valence-electron chi connectivity index (χ0n) is 13.1. The van der Waals surface area contributed by atoms with Gasteiger partial charge in [0.15, 0.2) is 0 Å². The minimum absolute atomic E-state index is 0.582. The number of benzene rings is 2. The Morgan fingerprint density at radius 2 is 1.48 bits per heavy atom. The topological polar surface area (TPSA) is 50.7 Å². The van der Waals surface area contributed by atoms with Gasteiger partial charge in [0.25, 0.3) is 0 Å². The molecule has 0 aliphatic heterocycles. The highest BCUT2D eigenvalue weighted by atomic mass is 35.5. The molecule has 2 aromatic carbocycles. The number of hydrogen-bond donors (Lipinski definition) is 1. The van der Waals surface area contributed by atoms with Crippen molar-refractivity contribution in [2.45, 2.75) is 0 Å². The van der Waals surface area contributed by atoms with Crippen LogP contribution in [0.2, 0.25) is 5.02 Å². The monoisotopic (exact) mass is 364 g/mol. The minimum Gasteiger partial charge on any atom is -0.324 e. The van der Waals surface area contributed by atoms with Gasteiger partial charge < -0.3 is 5.32 Å². The van der Waals surface area contributed by atoms with Crippen LogP contribution in [-0.2, 0) is 0 Å². The summed E-state index contributed by atoms with van der Waals surface area (Å²) < 4.78 is 0. The van der Waals surface area contributed by atoms with Crippen molar-refractivity contribution >= 4 is 34.6 Å². The average Bonchev–Trinajstić information content (AvgIpc) is 3.14. The predicted molar refractivity (Wildman–Crippen MR) is 103 cm³/mol. The Balaban J connectivity index is 1.53. The van der Waals surface area contributed by atoms with Gasteiger partial charge in [-0.15, -0.1) is 11.3 Å². The highest BCUT2D eigenvalue weighted by Crippen LogP contribution is 2.33. The van der Waals surface area contributed by atoms with Crippen molar-refractivity contribution in [3.63, 3.8) is 0 Å². The molecule has 2 heterocycles. The second-order valence-corrected chi connectivity index (χ2v) is 6.78. The Bertz CT molecular complexity index is 967. The van der Waals surface area contributed by atoms with Gasteiger partial charge in [-0.3, -0.25) is 0 Å². The molecule has 25 heavy (non-hydrogen) atoms. The molecule has 0 aliphatic rings. The van der Waals surface area contributed by atoms with E-state index in [9.17, 15) is 0 Å². The lowest BCUT2D eigenvalue weighted by Crippen LogP contribution is -1.95. The van der Waals surface area contributed by atoms with Crippen molar-refractivity contribution in [2.24, 2.45) is 0 Å². The molecular weight excluding hydrogens is 352 g/mol. The number of rotatable bonds is 4. The maximum absolute atomic E-state index is 5.94. The molecule has 4 nitrogen and oxygen atoms in total. The summed E-state index contributed by atoms with van der Waals surface area (Å²) in [5.74, 6) is 0.582. The first-order valence-electron chi connectivity index (χ1n) is 7.64. The second-order valence-electron chi connectivity index (χ2n) is 5.31. The Kier molecular flexibility index (Phi) is 4.41. The Morgan fingerprint density at radius 1 is 0.800 bits per heavy atom. The van der Waals surface area contributed by atoms with Gasteiger partial charge in [-0.2, -0.15) is 0 Å². The molecule has 4 aromatic rings. The first-order chi connectivity index (χ1) is 12.3. The molecule has 0 unspecified atom stereocenters. The van der Waals surface area contributed by atoms with Gasteiger partial charge in [-0.25, -0.2) is 15.0 Å². The Morgan fingerprint density at radius 3 is 2.20 bits per heavy atom. The third kappa shape index (κ3) is 3.68. The molecule has 0 spiro atoms. The van der Waals surface area contributed by atoms with Crippen LogP contribution in [0.1, 0.15) is 0 Å². The number of hydrogen-bond acceptors (Lipinski definition) is 5. The number of aromatic nitrogens is 3. The fraction of sp³-hybridized carbons (Fsp3) is 0. The standard InChI is InChI=1S/C19H13ClN4S/c20-15-6-2-14(3-7-15)18-23-12-17(25-18)13-4-8-16(9-5-13)24-19-21-10-1-11-22-19/h1-12H,(H,21,22,24). The zero-order chi connectivity index (χ0) is 17.1. The van der Waals surface area contributed by atoms with Gasteiger partial charge in [0, 0.05) is 34.9 Å². The number of thiazole rings is 1. The highest BCUT2D eigenvalue weighted by molar-refractivity contribution is 7.18. The van der Waals surface area contributed by atoms with Gasteiger partial charge >= 0.3 is 0 Å². The van der Waals surface area contributed by atoms with E-state index in [1.807, 2.05) is 42.6 Å². The Labute approximate surface area is 154 Å². The molecule has 0 atom stereocenters. The quantitative estimate of drug-likeness (QED) is 0.507.